The van der Waals surface area contributed by atoms with Crippen molar-refractivity contribution in [1.29, 1.82) is 0 Å². The lowest BCUT2D eigenvalue weighted by atomic mass is 10.1. The number of benzene rings is 2. The maximum atomic E-state index is 12.3. The van der Waals surface area contributed by atoms with Gasteiger partial charge in [0.2, 0.25) is 0 Å². The topological polar surface area (TPSA) is 81.9 Å². The molecule has 0 aliphatic heterocycles. The van der Waals surface area contributed by atoms with Crippen LogP contribution in [0.4, 0.5) is 0 Å². The predicted molar refractivity (Wildman–Crippen MR) is 83.3 cm³/mol. The van der Waals surface area contributed by atoms with Gasteiger partial charge in [0.25, 0.3) is 5.91 Å². The lowest BCUT2D eigenvalue weighted by Crippen LogP contribution is -2.22. The normalized spacial score (nSPS) is 10.3. The van der Waals surface area contributed by atoms with Crippen LogP contribution >= 0.6 is 0 Å². The first kappa shape index (κ1) is 14.7. The second-order valence-electron chi connectivity index (χ2n) is 4.84. The van der Waals surface area contributed by atoms with Crippen molar-refractivity contribution in [3.8, 4) is 11.4 Å². The number of carbonyl (C=O) groups is 1. The molecule has 1 heterocycles. The van der Waals surface area contributed by atoms with Crippen LogP contribution < -0.4 is 10.1 Å². The van der Waals surface area contributed by atoms with E-state index in [2.05, 4.69) is 20.8 Å². The predicted octanol–water partition coefficient (Wildman–Crippen LogP) is 1.60. The average molecular weight is 309 g/mol. The minimum absolute atomic E-state index is 0.157. The first-order valence-corrected chi connectivity index (χ1v) is 7.01. The van der Waals surface area contributed by atoms with Crippen LogP contribution in [0.3, 0.4) is 0 Å². The quantitative estimate of drug-likeness (QED) is 0.774. The van der Waals surface area contributed by atoms with E-state index in [-0.39, 0.29) is 5.91 Å². The molecule has 1 N–H and O–H groups in total. The van der Waals surface area contributed by atoms with E-state index in [1.54, 1.807) is 25.3 Å². The molecule has 23 heavy (non-hydrogen) atoms. The Bertz CT molecular complexity index is 784. The number of methoxy groups -OCH3 is 1. The lowest BCUT2D eigenvalue weighted by Gasteiger charge is -2.07. The standard InChI is InChI=1S/C16H15N5O2/c1-23-15-7-5-12(6-8-15)10-17-16(22)13-3-2-4-14(9-13)21-11-18-19-20-21/h2-9,11H,10H2,1H3,(H,17,22). The zero-order valence-corrected chi connectivity index (χ0v) is 12.5. The summed E-state index contributed by atoms with van der Waals surface area (Å²) in [4.78, 5) is 12.3. The molecule has 0 atom stereocenters. The van der Waals surface area contributed by atoms with Crippen LogP contribution in [0.1, 0.15) is 15.9 Å². The van der Waals surface area contributed by atoms with Crippen LogP contribution in [0.2, 0.25) is 0 Å². The van der Waals surface area contributed by atoms with Crippen LogP contribution in [0.5, 0.6) is 5.75 Å². The molecule has 0 unspecified atom stereocenters. The zero-order chi connectivity index (χ0) is 16.1. The summed E-state index contributed by atoms with van der Waals surface area (Å²) in [6, 6.07) is 14.7. The Morgan fingerprint density at radius 3 is 2.74 bits per heavy atom. The molecule has 3 rings (SSSR count). The van der Waals surface area contributed by atoms with Gasteiger partial charge in [-0.2, -0.15) is 0 Å². The minimum Gasteiger partial charge on any atom is -0.497 e. The number of nitrogens with one attached hydrogen (secondary N) is 1. The van der Waals surface area contributed by atoms with E-state index >= 15 is 0 Å². The summed E-state index contributed by atoms with van der Waals surface area (Å²) in [6.07, 6.45) is 1.48. The van der Waals surface area contributed by atoms with Gasteiger partial charge < -0.3 is 10.1 Å². The van der Waals surface area contributed by atoms with Crippen molar-refractivity contribution in [2.45, 2.75) is 6.54 Å². The Balaban J connectivity index is 1.67. The zero-order valence-electron chi connectivity index (χ0n) is 12.5. The van der Waals surface area contributed by atoms with Gasteiger partial charge in [0, 0.05) is 12.1 Å². The maximum Gasteiger partial charge on any atom is 0.251 e. The van der Waals surface area contributed by atoms with Crippen LogP contribution in [-0.2, 0) is 6.54 Å². The van der Waals surface area contributed by atoms with E-state index in [1.165, 1.54) is 11.0 Å². The van der Waals surface area contributed by atoms with Gasteiger partial charge in [0.15, 0.2) is 0 Å². The molecule has 0 saturated carbocycles. The molecule has 1 aromatic heterocycles. The van der Waals surface area contributed by atoms with Crippen LogP contribution in [0.25, 0.3) is 5.69 Å². The number of nitrogens with zero attached hydrogens (tertiary/aromatic N) is 4. The Labute approximate surface area is 132 Å². The van der Waals surface area contributed by atoms with Crippen molar-refractivity contribution in [2.75, 3.05) is 7.11 Å². The fraction of sp³-hybridized carbons (Fsp3) is 0.125. The Morgan fingerprint density at radius 1 is 1.22 bits per heavy atom. The van der Waals surface area contributed by atoms with Gasteiger partial charge in [-0.25, -0.2) is 4.68 Å². The number of hydrogen-bond acceptors (Lipinski definition) is 5. The van der Waals surface area contributed by atoms with E-state index in [9.17, 15) is 4.79 Å². The Hall–Kier alpha value is -3.22. The van der Waals surface area contributed by atoms with Gasteiger partial charge in [-0.1, -0.05) is 18.2 Å². The van der Waals surface area contributed by atoms with E-state index in [0.29, 0.717) is 12.1 Å². The maximum absolute atomic E-state index is 12.3. The molecule has 0 aliphatic carbocycles. The summed E-state index contributed by atoms with van der Waals surface area (Å²) in [5.41, 5.74) is 2.27. The van der Waals surface area contributed by atoms with Gasteiger partial charge >= 0.3 is 0 Å². The SMILES string of the molecule is COc1ccc(CNC(=O)c2cccc(-n3cnnn3)c2)cc1. The van der Waals surface area contributed by atoms with Gasteiger partial charge in [-0.05, 0) is 46.3 Å². The van der Waals surface area contributed by atoms with E-state index in [0.717, 1.165) is 17.0 Å². The third-order valence-corrected chi connectivity index (χ3v) is 3.33. The van der Waals surface area contributed by atoms with Crippen LogP contribution in [0, 0.1) is 0 Å². The minimum atomic E-state index is -0.157. The van der Waals surface area contributed by atoms with E-state index < -0.39 is 0 Å². The molecule has 116 valence electrons. The summed E-state index contributed by atoms with van der Waals surface area (Å²) >= 11 is 0. The molecule has 0 fully saturated rings. The molecule has 0 spiro atoms. The second-order valence-corrected chi connectivity index (χ2v) is 4.84. The van der Waals surface area contributed by atoms with Crippen molar-refractivity contribution in [2.24, 2.45) is 0 Å². The van der Waals surface area contributed by atoms with Crippen LogP contribution in [0.15, 0.2) is 54.9 Å². The number of carbonyl (C=O) groups excluding carboxylic acids is 1. The van der Waals surface area contributed by atoms with Crippen molar-refractivity contribution in [3.63, 3.8) is 0 Å². The highest BCUT2D eigenvalue weighted by Gasteiger charge is 2.07. The van der Waals surface area contributed by atoms with Gasteiger partial charge in [0.05, 0.1) is 12.8 Å². The molecule has 3 aromatic rings. The lowest BCUT2D eigenvalue weighted by molar-refractivity contribution is 0.0951. The van der Waals surface area contributed by atoms with Crippen molar-refractivity contribution in [3.05, 3.63) is 66.0 Å². The second kappa shape index (κ2) is 6.69. The van der Waals surface area contributed by atoms with Gasteiger partial charge in [-0.3, -0.25) is 4.79 Å². The number of rotatable bonds is 5. The fourth-order valence-electron chi connectivity index (χ4n) is 2.10. The van der Waals surface area contributed by atoms with Crippen LogP contribution in [-0.4, -0.2) is 33.2 Å². The number of amides is 1. The summed E-state index contributed by atoms with van der Waals surface area (Å²) in [5.74, 6) is 0.630. The summed E-state index contributed by atoms with van der Waals surface area (Å²) in [7, 11) is 1.62. The Morgan fingerprint density at radius 2 is 2.04 bits per heavy atom. The third-order valence-electron chi connectivity index (χ3n) is 3.33. The summed E-state index contributed by atoms with van der Waals surface area (Å²) in [6.45, 7) is 0.442. The highest BCUT2D eigenvalue weighted by atomic mass is 16.5. The molecule has 0 radical (unpaired) electrons. The monoisotopic (exact) mass is 309 g/mol. The van der Waals surface area contributed by atoms with E-state index in [4.69, 9.17) is 4.74 Å². The number of tetrazole rings is 1. The third kappa shape index (κ3) is 3.52. The molecule has 2 aromatic carbocycles. The number of ether oxygens (including phenoxy) is 1. The molecule has 7 heteroatoms. The molecule has 0 saturated heterocycles. The molecular weight excluding hydrogens is 294 g/mol. The van der Waals surface area contributed by atoms with Gasteiger partial charge in [0.1, 0.15) is 12.1 Å². The smallest absolute Gasteiger partial charge is 0.251 e. The molecule has 0 aliphatic rings. The Kier molecular flexibility index (Phi) is 4.28. The summed E-state index contributed by atoms with van der Waals surface area (Å²) in [5, 5.41) is 13.9. The average Bonchev–Trinajstić information content (AvgIpc) is 3.15. The first-order valence-electron chi connectivity index (χ1n) is 7.01. The molecule has 1 amide bonds. The number of aromatic nitrogens is 4. The highest BCUT2D eigenvalue weighted by Crippen LogP contribution is 2.12. The highest BCUT2D eigenvalue weighted by molar-refractivity contribution is 5.94. The van der Waals surface area contributed by atoms with E-state index in [1.807, 2.05) is 30.3 Å². The number of hydrogen-bond donors (Lipinski definition) is 1. The first-order chi connectivity index (χ1) is 11.3. The summed E-state index contributed by atoms with van der Waals surface area (Å²) < 4.78 is 6.61. The van der Waals surface area contributed by atoms with Crippen molar-refractivity contribution < 1.29 is 9.53 Å². The fourth-order valence-corrected chi connectivity index (χ4v) is 2.10. The largest absolute Gasteiger partial charge is 0.497 e. The van der Waals surface area contributed by atoms with Crippen molar-refractivity contribution >= 4 is 5.91 Å². The molecule has 0 bridgehead atoms. The molecule has 7 nitrogen and oxygen atoms in total. The van der Waals surface area contributed by atoms with Gasteiger partial charge in [-0.15, -0.1) is 5.10 Å². The molecular formula is C16H15N5O2. The van der Waals surface area contributed by atoms with Crippen molar-refractivity contribution in [1.82, 2.24) is 25.5 Å².